The first-order valence-corrected chi connectivity index (χ1v) is 7.62. The van der Waals surface area contributed by atoms with Crippen LogP contribution in [0.3, 0.4) is 0 Å². The molecular weight excluding hydrogens is 305 g/mol. The first-order valence-electron chi connectivity index (χ1n) is 7.62. The average Bonchev–Trinajstić information content (AvgIpc) is 2.53. The van der Waals surface area contributed by atoms with Gasteiger partial charge in [0.1, 0.15) is 11.6 Å². The van der Waals surface area contributed by atoms with Crippen molar-refractivity contribution in [1.82, 2.24) is 0 Å². The van der Waals surface area contributed by atoms with Crippen molar-refractivity contribution in [3.05, 3.63) is 47.8 Å². The van der Waals surface area contributed by atoms with Crippen molar-refractivity contribution in [3.8, 4) is 22.6 Å². The van der Waals surface area contributed by atoms with Crippen LogP contribution >= 0.6 is 0 Å². The second kappa shape index (κ2) is 7.90. The van der Waals surface area contributed by atoms with Gasteiger partial charge in [0, 0.05) is 17.2 Å². The van der Waals surface area contributed by atoms with Gasteiger partial charge in [-0.1, -0.05) is 13.3 Å². The SMILES string of the molecule is CCCCOc1ccc(-c2ccc(OCC)cc2F)c(F)c1F. The van der Waals surface area contributed by atoms with Crippen molar-refractivity contribution in [1.29, 1.82) is 0 Å². The van der Waals surface area contributed by atoms with E-state index >= 15 is 0 Å². The van der Waals surface area contributed by atoms with E-state index in [0.29, 0.717) is 19.0 Å². The normalized spacial score (nSPS) is 10.7. The molecule has 0 spiro atoms. The zero-order chi connectivity index (χ0) is 16.8. The zero-order valence-corrected chi connectivity index (χ0v) is 13.2. The Kier molecular flexibility index (Phi) is 5.90. The molecule has 0 heterocycles. The Morgan fingerprint density at radius 1 is 0.870 bits per heavy atom. The van der Waals surface area contributed by atoms with Gasteiger partial charge in [0.05, 0.1) is 13.2 Å². The van der Waals surface area contributed by atoms with Crippen LogP contribution in [0, 0.1) is 17.5 Å². The quantitative estimate of drug-likeness (QED) is 0.639. The van der Waals surface area contributed by atoms with Crippen LogP contribution in [0.15, 0.2) is 30.3 Å². The fourth-order valence-corrected chi connectivity index (χ4v) is 2.15. The minimum atomic E-state index is -1.12. The minimum Gasteiger partial charge on any atom is -0.494 e. The van der Waals surface area contributed by atoms with Crippen LogP contribution in [0.5, 0.6) is 11.5 Å². The van der Waals surface area contributed by atoms with Crippen molar-refractivity contribution in [2.45, 2.75) is 26.7 Å². The van der Waals surface area contributed by atoms with E-state index in [-0.39, 0.29) is 16.9 Å². The number of benzene rings is 2. The Labute approximate surface area is 133 Å². The molecule has 2 rings (SSSR count). The van der Waals surface area contributed by atoms with Gasteiger partial charge in [-0.2, -0.15) is 4.39 Å². The molecule has 0 bridgehead atoms. The van der Waals surface area contributed by atoms with Crippen LogP contribution in [-0.4, -0.2) is 13.2 Å². The summed E-state index contributed by atoms with van der Waals surface area (Å²) in [4.78, 5) is 0. The molecule has 2 aromatic rings. The van der Waals surface area contributed by atoms with E-state index < -0.39 is 17.5 Å². The number of rotatable bonds is 7. The second-order valence-corrected chi connectivity index (χ2v) is 5.02. The average molecular weight is 324 g/mol. The van der Waals surface area contributed by atoms with Crippen LogP contribution in [0.2, 0.25) is 0 Å². The summed E-state index contributed by atoms with van der Waals surface area (Å²) in [7, 11) is 0. The maximum atomic E-state index is 14.2. The van der Waals surface area contributed by atoms with Crippen LogP contribution in [0.1, 0.15) is 26.7 Å². The maximum absolute atomic E-state index is 14.2. The Hall–Kier alpha value is -2.17. The lowest BCUT2D eigenvalue weighted by molar-refractivity contribution is 0.289. The van der Waals surface area contributed by atoms with Gasteiger partial charge in [-0.15, -0.1) is 0 Å². The molecule has 0 unspecified atom stereocenters. The number of halogens is 3. The number of hydrogen-bond donors (Lipinski definition) is 0. The van der Waals surface area contributed by atoms with E-state index in [2.05, 4.69) is 0 Å². The van der Waals surface area contributed by atoms with Crippen LogP contribution < -0.4 is 9.47 Å². The van der Waals surface area contributed by atoms with E-state index in [4.69, 9.17) is 9.47 Å². The molecule has 0 radical (unpaired) electrons. The molecule has 0 aliphatic rings. The topological polar surface area (TPSA) is 18.5 Å². The molecule has 23 heavy (non-hydrogen) atoms. The lowest BCUT2D eigenvalue weighted by Gasteiger charge is -2.11. The molecule has 0 fully saturated rings. The van der Waals surface area contributed by atoms with E-state index in [0.717, 1.165) is 18.9 Å². The van der Waals surface area contributed by atoms with Gasteiger partial charge in [0.2, 0.25) is 5.82 Å². The molecule has 0 saturated carbocycles. The summed E-state index contributed by atoms with van der Waals surface area (Å²) in [5, 5.41) is 0. The second-order valence-electron chi connectivity index (χ2n) is 5.02. The number of ether oxygens (including phenoxy) is 2. The molecule has 0 aliphatic carbocycles. The van der Waals surface area contributed by atoms with Crippen molar-refractivity contribution in [2.24, 2.45) is 0 Å². The van der Waals surface area contributed by atoms with Gasteiger partial charge >= 0.3 is 0 Å². The van der Waals surface area contributed by atoms with E-state index in [1.54, 1.807) is 6.92 Å². The number of unbranched alkanes of at least 4 members (excludes halogenated alkanes) is 1. The van der Waals surface area contributed by atoms with Crippen molar-refractivity contribution in [3.63, 3.8) is 0 Å². The van der Waals surface area contributed by atoms with Crippen molar-refractivity contribution < 1.29 is 22.6 Å². The molecule has 2 aromatic carbocycles. The monoisotopic (exact) mass is 324 g/mol. The first kappa shape index (κ1) is 17.2. The summed E-state index contributed by atoms with van der Waals surface area (Å²) in [6.45, 7) is 4.45. The Bertz CT molecular complexity index is 672. The third kappa shape index (κ3) is 3.97. The molecule has 0 saturated heterocycles. The summed E-state index contributed by atoms with van der Waals surface area (Å²) in [5.41, 5.74) is -0.171. The smallest absolute Gasteiger partial charge is 0.201 e. The van der Waals surface area contributed by atoms with Crippen LogP contribution in [-0.2, 0) is 0 Å². The highest BCUT2D eigenvalue weighted by molar-refractivity contribution is 5.66. The van der Waals surface area contributed by atoms with Gasteiger partial charge < -0.3 is 9.47 Å². The maximum Gasteiger partial charge on any atom is 0.201 e. The van der Waals surface area contributed by atoms with E-state index in [1.165, 1.54) is 24.3 Å². The van der Waals surface area contributed by atoms with Gasteiger partial charge in [0.25, 0.3) is 0 Å². The van der Waals surface area contributed by atoms with Gasteiger partial charge in [0.15, 0.2) is 11.6 Å². The van der Waals surface area contributed by atoms with Crippen molar-refractivity contribution in [2.75, 3.05) is 13.2 Å². The Morgan fingerprint density at radius 2 is 1.61 bits per heavy atom. The van der Waals surface area contributed by atoms with E-state index in [9.17, 15) is 13.2 Å². The summed E-state index contributed by atoms with van der Waals surface area (Å²) < 4.78 is 52.8. The summed E-state index contributed by atoms with van der Waals surface area (Å²) in [5.74, 6) is -2.72. The lowest BCUT2D eigenvalue weighted by atomic mass is 10.0. The summed E-state index contributed by atoms with van der Waals surface area (Å²) in [6, 6.07) is 6.68. The third-order valence-electron chi connectivity index (χ3n) is 3.34. The highest BCUT2D eigenvalue weighted by atomic mass is 19.2. The fraction of sp³-hybridized carbons (Fsp3) is 0.333. The van der Waals surface area contributed by atoms with Crippen LogP contribution in [0.25, 0.3) is 11.1 Å². The predicted molar refractivity (Wildman–Crippen MR) is 83.3 cm³/mol. The Balaban J connectivity index is 2.31. The van der Waals surface area contributed by atoms with Crippen molar-refractivity contribution >= 4 is 0 Å². The first-order chi connectivity index (χ1) is 11.1. The van der Waals surface area contributed by atoms with Gasteiger partial charge in [-0.25, -0.2) is 8.78 Å². The van der Waals surface area contributed by atoms with E-state index in [1.807, 2.05) is 6.92 Å². The number of hydrogen-bond acceptors (Lipinski definition) is 2. The molecule has 2 nitrogen and oxygen atoms in total. The van der Waals surface area contributed by atoms with Gasteiger partial charge in [-0.3, -0.25) is 0 Å². The fourth-order valence-electron chi connectivity index (χ4n) is 2.15. The molecular formula is C18H19F3O2. The highest BCUT2D eigenvalue weighted by Crippen LogP contribution is 2.32. The third-order valence-corrected chi connectivity index (χ3v) is 3.34. The van der Waals surface area contributed by atoms with Crippen LogP contribution in [0.4, 0.5) is 13.2 Å². The highest BCUT2D eigenvalue weighted by Gasteiger charge is 2.18. The largest absolute Gasteiger partial charge is 0.494 e. The molecule has 0 atom stereocenters. The standard InChI is InChI=1S/C18H19F3O2/c1-3-5-10-23-16-9-8-14(17(20)18(16)21)13-7-6-12(22-4-2)11-15(13)19/h6-9,11H,3-5,10H2,1-2H3. The molecule has 0 aliphatic heterocycles. The molecule has 5 heteroatoms. The lowest BCUT2D eigenvalue weighted by Crippen LogP contribution is -2.02. The molecule has 0 N–H and O–H groups in total. The predicted octanol–water partition coefficient (Wildman–Crippen LogP) is 5.35. The molecule has 0 amide bonds. The Morgan fingerprint density at radius 3 is 2.26 bits per heavy atom. The molecule has 124 valence electrons. The zero-order valence-electron chi connectivity index (χ0n) is 13.2. The minimum absolute atomic E-state index is 0.0232. The van der Waals surface area contributed by atoms with Gasteiger partial charge in [-0.05, 0) is 37.6 Å². The summed E-state index contributed by atoms with van der Waals surface area (Å²) in [6.07, 6.45) is 1.63. The summed E-state index contributed by atoms with van der Waals surface area (Å²) >= 11 is 0. The molecule has 0 aromatic heterocycles.